The summed E-state index contributed by atoms with van der Waals surface area (Å²) in [6, 6.07) is 16.2. The lowest BCUT2D eigenvalue weighted by molar-refractivity contribution is 0.510. The predicted molar refractivity (Wildman–Crippen MR) is 120 cm³/mol. The minimum absolute atomic E-state index is 0.0633. The maximum Gasteiger partial charge on any atom is 0.265 e. The lowest BCUT2D eigenvalue weighted by atomic mass is 10.1. The van der Waals surface area contributed by atoms with Crippen LogP contribution in [0.4, 0.5) is 0 Å². The summed E-state index contributed by atoms with van der Waals surface area (Å²) in [5.74, 6) is 0. The number of hydrogen-bond donors (Lipinski definition) is 0. The molecule has 0 unspecified atom stereocenters. The van der Waals surface area contributed by atoms with Gasteiger partial charge in [0.2, 0.25) is 0 Å². The average molecular weight is 397 g/mol. The number of benzene rings is 2. The van der Waals surface area contributed by atoms with Gasteiger partial charge in [0.15, 0.2) is 11.3 Å². The summed E-state index contributed by atoms with van der Waals surface area (Å²) in [6.45, 7) is 6.74. The van der Waals surface area contributed by atoms with Crippen LogP contribution in [-0.4, -0.2) is 24.1 Å². The molecule has 6 nitrogen and oxygen atoms in total. The summed E-state index contributed by atoms with van der Waals surface area (Å²) in [6.07, 6.45) is 2.51. The fourth-order valence-corrected chi connectivity index (χ4v) is 3.85. The lowest BCUT2D eigenvalue weighted by Crippen LogP contribution is -2.23. The molecule has 0 bridgehead atoms. The molecule has 2 aromatic carbocycles. The van der Waals surface area contributed by atoms with E-state index < -0.39 is 0 Å². The van der Waals surface area contributed by atoms with Crippen molar-refractivity contribution in [3.8, 4) is 0 Å². The zero-order valence-corrected chi connectivity index (χ0v) is 17.3. The largest absolute Gasteiger partial charge is 0.304 e. The zero-order valence-electron chi connectivity index (χ0n) is 17.3. The molecule has 150 valence electrons. The normalized spacial score (nSPS) is 12.8. The molecule has 3 heterocycles. The summed E-state index contributed by atoms with van der Waals surface area (Å²) in [7, 11) is 0. The fourth-order valence-electron chi connectivity index (χ4n) is 3.85. The maximum atomic E-state index is 13.4. The number of aryl methyl sites for hydroxylation is 1. The number of fused-ring (bicyclic) bond motifs is 4. The highest BCUT2D eigenvalue weighted by atomic mass is 16.1. The Hall–Kier alpha value is -3.54. The SMILES string of the molecule is CC[C@@H](C)n1cnc2c(c1=O)c1nc3ccccc3nc1n2Cc1ccc(C)cc1. The Morgan fingerprint density at radius 3 is 2.37 bits per heavy atom. The van der Waals surface area contributed by atoms with Crippen LogP contribution in [-0.2, 0) is 6.54 Å². The van der Waals surface area contributed by atoms with Gasteiger partial charge in [-0.1, -0.05) is 48.9 Å². The molecule has 0 amide bonds. The van der Waals surface area contributed by atoms with E-state index in [1.807, 2.05) is 35.8 Å². The number of hydrogen-bond acceptors (Lipinski definition) is 4. The highest BCUT2D eigenvalue weighted by molar-refractivity contribution is 6.04. The molecule has 1 atom stereocenters. The second-order valence-electron chi connectivity index (χ2n) is 7.87. The van der Waals surface area contributed by atoms with Crippen molar-refractivity contribution in [3.05, 3.63) is 76.3 Å². The van der Waals surface area contributed by atoms with E-state index in [2.05, 4.69) is 38.1 Å². The van der Waals surface area contributed by atoms with Crippen molar-refractivity contribution >= 4 is 33.2 Å². The van der Waals surface area contributed by atoms with Gasteiger partial charge in [-0.3, -0.25) is 9.36 Å². The Morgan fingerprint density at radius 2 is 1.67 bits per heavy atom. The third-order valence-corrected chi connectivity index (χ3v) is 5.80. The quantitative estimate of drug-likeness (QED) is 0.444. The highest BCUT2D eigenvalue weighted by Crippen LogP contribution is 2.26. The van der Waals surface area contributed by atoms with Gasteiger partial charge in [-0.2, -0.15) is 0 Å². The Kier molecular flexibility index (Phi) is 4.35. The molecule has 0 saturated heterocycles. The molecule has 0 saturated carbocycles. The number of nitrogens with zero attached hydrogens (tertiary/aromatic N) is 5. The average Bonchev–Trinajstić information content (AvgIpc) is 3.06. The third kappa shape index (κ3) is 2.87. The van der Waals surface area contributed by atoms with Gasteiger partial charge in [0.05, 0.1) is 17.6 Å². The second-order valence-corrected chi connectivity index (χ2v) is 7.87. The summed E-state index contributed by atoms with van der Waals surface area (Å²) >= 11 is 0. The molecule has 0 fully saturated rings. The van der Waals surface area contributed by atoms with Gasteiger partial charge in [-0.15, -0.1) is 0 Å². The first-order valence-electron chi connectivity index (χ1n) is 10.3. The molecule has 6 heteroatoms. The first-order chi connectivity index (χ1) is 14.6. The van der Waals surface area contributed by atoms with Crippen molar-refractivity contribution < 1.29 is 0 Å². The Bertz CT molecular complexity index is 1450. The van der Waals surface area contributed by atoms with E-state index in [-0.39, 0.29) is 11.6 Å². The molecular formula is C24H23N5O. The monoisotopic (exact) mass is 397 g/mol. The van der Waals surface area contributed by atoms with Crippen LogP contribution in [0.1, 0.15) is 37.4 Å². The van der Waals surface area contributed by atoms with Crippen LogP contribution >= 0.6 is 0 Å². The van der Waals surface area contributed by atoms with Gasteiger partial charge in [0, 0.05) is 6.04 Å². The molecule has 0 aliphatic carbocycles. The first kappa shape index (κ1) is 18.5. The van der Waals surface area contributed by atoms with Gasteiger partial charge in [0.25, 0.3) is 5.56 Å². The van der Waals surface area contributed by atoms with Crippen LogP contribution in [0, 0.1) is 6.92 Å². The maximum absolute atomic E-state index is 13.4. The standard InChI is InChI=1S/C24H23N5O/c1-4-16(3)29-14-25-22-20(24(29)30)21-23(27-19-8-6-5-7-18(19)26-21)28(22)13-17-11-9-15(2)10-12-17/h5-12,14,16H,4,13H2,1-3H3/t16-/m1/s1. The Balaban J connectivity index is 1.86. The molecule has 0 N–H and O–H groups in total. The Morgan fingerprint density at radius 1 is 0.967 bits per heavy atom. The van der Waals surface area contributed by atoms with Crippen LogP contribution in [0.15, 0.2) is 59.7 Å². The molecule has 5 aromatic rings. The number of aromatic nitrogens is 5. The first-order valence-corrected chi connectivity index (χ1v) is 10.3. The number of rotatable bonds is 4. The van der Waals surface area contributed by atoms with Gasteiger partial charge in [-0.05, 0) is 38.0 Å². The van der Waals surface area contributed by atoms with Gasteiger partial charge >= 0.3 is 0 Å². The predicted octanol–water partition coefficient (Wildman–Crippen LogP) is 4.62. The van der Waals surface area contributed by atoms with E-state index in [1.165, 1.54) is 5.56 Å². The van der Waals surface area contributed by atoms with E-state index >= 15 is 0 Å². The smallest absolute Gasteiger partial charge is 0.265 e. The molecular weight excluding hydrogens is 374 g/mol. The van der Waals surface area contributed by atoms with Crippen molar-refractivity contribution in [2.75, 3.05) is 0 Å². The van der Waals surface area contributed by atoms with E-state index in [0.717, 1.165) is 23.0 Å². The number of para-hydroxylation sites is 2. The topological polar surface area (TPSA) is 65.6 Å². The molecule has 3 aromatic heterocycles. The van der Waals surface area contributed by atoms with Crippen molar-refractivity contribution in [1.29, 1.82) is 0 Å². The van der Waals surface area contributed by atoms with E-state index in [0.29, 0.717) is 28.7 Å². The summed E-state index contributed by atoms with van der Waals surface area (Å²) in [5.41, 5.74) is 5.79. The van der Waals surface area contributed by atoms with E-state index in [4.69, 9.17) is 15.0 Å². The van der Waals surface area contributed by atoms with Crippen LogP contribution in [0.25, 0.3) is 33.2 Å². The van der Waals surface area contributed by atoms with Crippen molar-refractivity contribution in [1.82, 2.24) is 24.1 Å². The van der Waals surface area contributed by atoms with Crippen LogP contribution in [0.5, 0.6) is 0 Å². The van der Waals surface area contributed by atoms with E-state index in [9.17, 15) is 4.79 Å². The van der Waals surface area contributed by atoms with Crippen molar-refractivity contribution in [3.63, 3.8) is 0 Å². The summed E-state index contributed by atoms with van der Waals surface area (Å²) < 4.78 is 3.71. The summed E-state index contributed by atoms with van der Waals surface area (Å²) in [5, 5.41) is 0.540. The summed E-state index contributed by atoms with van der Waals surface area (Å²) in [4.78, 5) is 27.8. The minimum atomic E-state index is -0.0633. The molecule has 0 aliphatic rings. The molecule has 0 radical (unpaired) electrons. The minimum Gasteiger partial charge on any atom is -0.304 e. The van der Waals surface area contributed by atoms with Crippen molar-refractivity contribution in [2.24, 2.45) is 0 Å². The van der Waals surface area contributed by atoms with Gasteiger partial charge in [-0.25, -0.2) is 15.0 Å². The highest BCUT2D eigenvalue weighted by Gasteiger charge is 2.21. The van der Waals surface area contributed by atoms with Crippen molar-refractivity contribution in [2.45, 2.75) is 39.8 Å². The fraction of sp³-hybridized carbons (Fsp3) is 0.250. The van der Waals surface area contributed by atoms with E-state index in [1.54, 1.807) is 10.9 Å². The van der Waals surface area contributed by atoms with Crippen LogP contribution in [0.3, 0.4) is 0 Å². The van der Waals surface area contributed by atoms with Crippen LogP contribution < -0.4 is 5.56 Å². The molecule has 30 heavy (non-hydrogen) atoms. The molecule has 5 rings (SSSR count). The van der Waals surface area contributed by atoms with Gasteiger partial charge < -0.3 is 4.57 Å². The molecule has 0 spiro atoms. The second kappa shape index (κ2) is 7.06. The zero-order chi connectivity index (χ0) is 20.8. The van der Waals surface area contributed by atoms with Gasteiger partial charge in [0.1, 0.15) is 17.2 Å². The van der Waals surface area contributed by atoms with Crippen LogP contribution in [0.2, 0.25) is 0 Å². The Labute approximate surface area is 173 Å². The third-order valence-electron chi connectivity index (χ3n) is 5.80. The lowest BCUT2D eigenvalue weighted by Gasteiger charge is -2.12. The molecule has 0 aliphatic heterocycles.